The second kappa shape index (κ2) is 24.0. The van der Waals surface area contributed by atoms with Gasteiger partial charge in [0, 0.05) is 12.4 Å². The number of hydroxylamine groups is 2. The molecule has 9 nitrogen and oxygen atoms in total. The Morgan fingerprint density at radius 3 is 1.02 bits per heavy atom. The van der Waals surface area contributed by atoms with E-state index in [-0.39, 0.29) is 39.6 Å². The first-order chi connectivity index (χ1) is 19.9. The maximum atomic E-state index is 9.63. The van der Waals surface area contributed by atoms with Gasteiger partial charge in [-0.25, -0.2) is 0 Å². The fraction of sp³-hybridized carbons (Fsp3) is 0.129. The molecule has 2 N–H and O–H groups in total. The fourth-order valence-corrected chi connectivity index (χ4v) is 10.3. The molecule has 1 heterocycles. The Morgan fingerprint density at radius 2 is 0.857 bits per heavy atom. The summed E-state index contributed by atoms with van der Waals surface area (Å²) in [5.41, 5.74) is 6.39. The molecule has 3 aromatic carbocycles. The maximum absolute atomic E-state index is 9.63. The van der Waals surface area contributed by atoms with Crippen molar-refractivity contribution in [2.75, 3.05) is 0 Å². The predicted octanol–water partition coefficient (Wildman–Crippen LogP) is 6.82. The van der Waals surface area contributed by atoms with Gasteiger partial charge in [0.2, 0.25) is 0 Å². The molecule has 0 unspecified atom stereocenters. The van der Waals surface area contributed by atoms with Gasteiger partial charge >= 0.3 is 138 Å². The normalized spacial score (nSPS) is 10.6. The second-order valence-electron chi connectivity index (χ2n) is 8.22. The predicted molar refractivity (Wildman–Crippen MR) is 167 cm³/mol. The van der Waals surface area contributed by atoms with Crippen LogP contribution in [0.4, 0.5) is 0 Å². The molecule has 1 aromatic heterocycles. The van der Waals surface area contributed by atoms with Crippen LogP contribution in [0.1, 0.15) is 27.7 Å². The average Bonchev–Trinajstić information content (AvgIpc) is 3.06. The van der Waals surface area contributed by atoms with Crippen molar-refractivity contribution in [1.82, 2.24) is 4.98 Å². The van der Waals surface area contributed by atoms with Gasteiger partial charge < -0.3 is 21.4 Å². The second-order valence-corrected chi connectivity index (χ2v) is 15.3. The number of benzene rings is 3. The minimum Gasteiger partial charge on any atom is -0.265 e. The first-order valence-corrected chi connectivity index (χ1v) is 16.8. The maximum Gasteiger partial charge on any atom is 0.0267 e. The smallest absolute Gasteiger partial charge is 0.0267 e. The summed E-state index contributed by atoms with van der Waals surface area (Å²) in [7, 11) is 0. The standard InChI is InChI=1S/3C6H5.C5H5N.2C4H8N2O2.Co.Sn/c4*1-2-4-6-5-3-1;2*1-3(5-7)4(2)6-8;;/h4*1-5H;2*1-2H3,(H2,5,6,7,8);;/q;;;;;;+2;/p-2. The van der Waals surface area contributed by atoms with Gasteiger partial charge in [-0.1, -0.05) is 19.9 Å². The van der Waals surface area contributed by atoms with Gasteiger partial charge in [-0.3, -0.25) is 4.98 Å². The van der Waals surface area contributed by atoms with Crippen LogP contribution in [0.2, 0.25) is 0 Å². The molecule has 0 atom stereocenters. The molecule has 0 saturated carbocycles. The summed E-state index contributed by atoms with van der Waals surface area (Å²) in [6.45, 7) is 5.94. The first-order valence-electron chi connectivity index (χ1n) is 12.5. The van der Waals surface area contributed by atoms with Crippen LogP contribution in [-0.4, -0.2) is 35.2 Å². The topological polar surface area (TPSA) is 140 Å². The van der Waals surface area contributed by atoms with Crippen molar-refractivity contribution in [3.63, 3.8) is 0 Å². The third-order valence-electron chi connectivity index (χ3n) is 5.37. The van der Waals surface area contributed by atoms with Gasteiger partial charge in [0.1, 0.15) is 0 Å². The van der Waals surface area contributed by atoms with Crippen LogP contribution >= 0.6 is 0 Å². The summed E-state index contributed by atoms with van der Waals surface area (Å²) < 4.78 is 4.59. The van der Waals surface area contributed by atoms with E-state index in [1.165, 1.54) is 38.4 Å². The van der Waals surface area contributed by atoms with Gasteiger partial charge in [-0.2, -0.15) is 0 Å². The van der Waals surface area contributed by atoms with Gasteiger partial charge in [0.05, 0.1) is 11.4 Å². The van der Waals surface area contributed by atoms with E-state index in [0.717, 1.165) is 0 Å². The van der Waals surface area contributed by atoms with E-state index in [9.17, 15) is 9.81 Å². The van der Waals surface area contributed by atoms with E-state index in [1.807, 2.05) is 18.2 Å². The van der Waals surface area contributed by atoms with Crippen LogP contribution in [0.15, 0.2) is 155 Å². The van der Waals surface area contributed by atoms with E-state index in [4.69, 9.17) is 10.4 Å². The van der Waals surface area contributed by atoms with Crippen LogP contribution < -0.4 is 10.7 Å². The minimum absolute atomic E-state index is 0. The summed E-state index contributed by atoms with van der Waals surface area (Å²) in [4.78, 5) is 23.0. The Hall–Kier alpha value is -3.68. The molecular weight excluding hydrogens is 684 g/mol. The molecule has 0 bridgehead atoms. The number of rotatable bonds is 7. The van der Waals surface area contributed by atoms with Crippen molar-refractivity contribution < 1.29 is 27.2 Å². The number of pyridine rings is 1. The van der Waals surface area contributed by atoms with Crippen molar-refractivity contribution in [2.45, 2.75) is 27.7 Å². The molecule has 0 aliphatic heterocycles. The fourth-order valence-electron chi connectivity index (χ4n) is 2.90. The van der Waals surface area contributed by atoms with Crippen LogP contribution in [-0.2, 0) is 16.8 Å². The third kappa shape index (κ3) is 15.4. The van der Waals surface area contributed by atoms with Crippen molar-refractivity contribution in [3.05, 3.63) is 165 Å². The molecule has 0 aliphatic carbocycles. The van der Waals surface area contributed by atoms with Gasteiger partial charge in [0.25, 0.3) is 0 Å². The number of hydrogen-bond donors (Lipinski definition) is 2. The van der Waals surface area contributed by atoms with Gasteiger partial charge in [-0.15, -0.1) is 21.2 Å². The van der Waals surface area contributed by atoms with Crippen LogP contribution in [0.5, 0.6) is 0 Å². The zero-order valence-corrected chi connectivity index (χ0v) is 27.7. The molecule has 11 heteroatoms. The molecule has 2 radical (unpaired) electrons. The summed E-state index contributed by atoms with van der Waals surface area (Å²) in [5, 5.41) is 21.1. The Labute approximate surface area is 264 Å². The van der Waals surface area contributed by atoms with Crippen molar-refractivity contribution in [2.24, 2.45) is 10.4 Å². The van der Waals surface area contributed by atoms with E-state index >= 15 is 0 Å². The zero-order chi connectivity index (χ0) is 30.3. The van der Waals surface area contributed by atoms with E-state index < -0.39 is 19.8 Å². The molecule has 220 valence electrons. The summed E-state index contributed by atoms with van der Waals surface area (Å²) in [5.74, 6) is 0. The zero-order valence-electron chi connectivity index (χ0n) is 23.8. The molecular formula is C31H34CoN5O4Sn. The van der Waals surface area contributed by atoms with E-state index in [1.54, 1.807) is 12.4 Å². The van der Waals surface area contributed by atoms with Crippen molar-refractivity contribution >= 4 is 30.5 Å². The summed E-state index contributed by atoms with van der Waals surface area (Å²) in [6, 6.07) is 38.7. The monoisotopic (exact) mass is 719 g/mol. The molecule has 0 fully saturated rings. The van der Waals surface area contributed by atoms with E-state index in [2.05, 4.69) is 117 Å². The SMILES string of the molecule is C/C(N=O)=C(\C)[N-]O.C/C(N=O)=C(\C)[N-]O.[Co+2].c1cc[c]([Sn]([c]2ccccc2)[c]2ccccc2)cc1.c1ccncc1. The molecule has 4 aromatic rings. The molecule has 0 amide bonds. The molecule has 4 rings (SSSR count). The Balaban J connectivity index is 0.000000612. The number of nitroso groups, excluding NO2 is 2. The molecule has 0 saturated heterocycles. The number of nitrogens with zero attached hydrogens (tertiary/aromatic N) is 5. The van der Waals surface area contributed by atoms with Gasteiger partial charge in [-0.05, 0) is 36.3 Å². The van der Waals surface area contributed by atoms with E-state index in [0.29, 0.717) is 0 Å². The number of aromatic nitrogens is 1. The Bertz CT molecular complexity index is 1180. The molecule has 42 heavy (non-hydrogen) atoms. The largest absolute Gasteiger partial charge is 0.265 e. The van der Waals surface area contributed by atoms with Crippen molar-refractivity contribution in [1.29, 1.82) is 0 Å². The number of allylic oxidation sites excluding steroid dienone is 4. The Kier molecular flexibility index (Phi) is 21.9. The average molecular weight is 718 g/mol. The van der Waals surface area contributed by atoms with Crippen LogP contribution in [0.3, 0.4) is 0 Å². The van der Waals surface area contributed by atoms with Crippen molar-refractivity contribution in [3.8, 4) is 0 Å². The van der Waals surface area contributed by atoms with Crippen LogP contribution in [0, 0.1) is 9.81 Å². The van der Waals surface area contributed by atoms with Crippen LogP contribution in [0.25, 0.3) is 11.0 Å². The summed E-state index contributed by atoms with van der Waals surface area (Å²) >= 11 is -1.98. The molecule has 0 aliphatic rings. The van der Waals surface area contributed by atoms with Gasteiger partial charge in [0.15, 0.2) is 0 Å². The molecule has 0 spiro atoms. The summed E-state index contributed by atoms with van der Waals surface area (Å²) in [6.07, 6.45) is 3.50. The minimum atomic E-state index is -1.98. The number of hydrogen-bond acceptors (Lipinski definition) is 7. The first kappa shape index (κ1) is 38.3. The third-order valence-corrected chi connectivity index (χ3v) is 13.2. The Morgan fingerprint density at radius 1 is 0.571 bits per heavy atom. The quantitative estimate of drug-likeness (QED) is 0.123.